The number of rotatable bonds is 8. The van der Waals surface area contributed by atoms with Crippen LogP contribution in [0.15, 0.2) is 222 Å². The second kappa shape index (κ2) is 38.8. The molecule has 0 bridgehead atoms. The number of aromatic hydroxyl groups is 1. The number of carbonyl (C=O) groups excluding carboxylic acids is 4. The molecule has 132 heavy (non-hydrogen) atoms. The van der Waals surface area contributed by atoms with Crippen molar-refractivity contribution in [2.75, 3.05) is 67.3 Å². The van der Waals surface area contributed by atoms with Gasteiger partial charge in [0.15, 0.2) is 5.43 Å². The Bertz CT molecular complexity index is 7180. The Morgan fingerprint density at radius 3 is 1.25 bits per heavy atom. The van der Waals surface area contributed by atoms with E-state index in [0.717, 1.165) is 148 Å². The van der Waals surface area contributed by atoms with Gasteiger partial charge in [0.05, 0.1) is 57.2 Å². The molecular formula is C100H86Cl7F3N10O12. The maximum absolute atomic E-state index is 13.2. The SMILES string of the molecule is CCOC(=O)N1CCc2c([nH]c3ccc(Cl)cc23)C1c1cc(=O)c2ccccc2o1.CCOC(=O)N1CCc2c([nH]c3ccc(Cl)cc23)C1c1ccc(O)cc1.COC(=O)N1CCc2c([nH]c3ccc(Cl)cc23)C1c1cccc(C(F)(F)F)c1.COC(=O)N1CCc2c([nH]c3ccc(Cl)cc23)C1c1cccc(OC)c1.Clc1ccc(C2NCCc3c2[nH]c2ccc(Cl)cc32)c(Cl)c1. The lowest BCUT2D eigenvalue weighted by Crippen LogP contribution is -2.41. The van der Waals surface area contributed by atoms with E-state index >= 15 is 0 Å². The van der Waals surface area contributed by atoms with Crippen molar-refractivity contribution in [2.24, 2.45) is 0 Å². The van der Waals surface area contributed by atoms with Gasteiger partial charge in [-0.1, -0.05) is 136 Å². The molecule has 0 fully saturated rings. The quantitative estimate of drug-likeness (QED) is 0.0699. The molecule has 678 valence electrons. The summed E-state index contributed by atoms with van der Waals surface area (Å²) in [6, 6.07) is 60.6. The first-order valence-electron chi connectivity index (χ1n) is 42.6. The van der Waals surface area contributed by atoms with Crippen molar-refractivity contribution in [2.45, 2.75) is 82.3 Å². The van der Waals surface area contributed by atoms with Crippen molar-refractivity contribution in [3.8, 4) is 11.5 Å². The number of hydrogen-bond acceptors (Lipinski definition) is 13. The van der Waals surface area contributed by atoms with Gasteiger partial charge in [0.1, 0.15) is 47.0 Å². The third-order valence-corrected chi connectivity index (χ3v) is 26.2. The Labute approximate surface area is 789 Å². The molecule has 32 heteroatoms. The Morgan fingerprint density at radius 1 is 0.417 bits per heavy atom. The molecule has 11 heterocycles. The Hall–Kier alpha value is -12.4. The van der Waals surface area contributed by atoms with E-state index in [4.69, 9.17) is 109 Å². The number of para-hydroxylation sites is 1. The lowest BCUT2D eigenvalue weighted by molar-refractivity contribution is -0.137. The first kappa shape index (κ1) is 91.5. The zero-order chi connectivity index (χ0) is 92.7. The number of phenolic OH excluding ortho intramolecular Hbond substituents is 1. The predicted molar refractivity (Wildman–Crippen MR) is 509 cm³/mol. The zero-order valence-electron chi connectivity index (χ0n) is 71.6. The molecule has 5 aliphatic rings. The Kier molecular flexibility index (Phi) is 26.9. The van der Waals surface area contributed by atoms with Crippen molar-refractivity contribution in [1.29, 1.82) is 0 Å². The molecule has 0 aliphatic carbocycles. The van der Waals surface area contributed by atoms with E-state index < -0.39 is 36.0 Å². The van der Waals surface area contributed by atoms with E-state index in [0.29, 0.717) is 104 Å². The van der Waals surface area contributed by atoms with Gasteiger partial charge < -0.3 is 63.4 Å². The van der Waals surface area contributed by atoms with Crippen LogP contribution in [0.1, 0.15) is 134 Å². The van der Waals surface area contributed by atoms with E-state index in [1.54, 1.807) is 84.2 Å². The number of phenols is 1. The van der Waals surface area contributed by atoms with E-state index in [9.17, 15) is 42.3 Å². The molecule has 6 aromatic heterocycles. The number of alkyl halides is 3. The fourth-order valence-electron chi connectivity index (χ4n) is 18.6. The van der Waals surface area contributed by atoms with Crippen molar-refractivity contribution in [3.05, 3.63) is 348 Å². The smallest absolute Gasteiger partial charge is 0.416 e. The number of H-pyrrole nitrogens is 5. The number of amides is 4. The van der Waals surface area contributed by atoms with Gasteiger partial charge in [-0.3, -0.25) is 24.4 Å². The molecule has 10 aromatic carbocycles. The highest BCUT2D eigenvalue weighted by Crippen LogP contribution is 2.47. The lowest BCUT2D eigenvalue weighted by Gasteiger charge is -2.35. The average Bonchev–Trinajstić information content (AvgIpc) is 1.58. The largest absolute Gasteiger partial charge is 0.508 e. The highest BCUT2D eigenvalue weighted by molar-refractivity contribution is 6.35. The van der Waals surface area contributed by atoms with Crippen molar-refractivity contribution in [1.82, 2.24) is 49.8 Å². The fraction of sp³-hybridized carbons (Fsp3) is 0.230. The minimum Gasteiger partial charge on any atom is -0.508 e. The summed E-state index contributed by atoms with van der Waals surface area (Å²) in [5.74, 6) is 1.33. The van der Waals surface area contributed by atoms with Crippen LogP contribution < -0.4 is 15.5 Å². The van der Waals surface area contributed by atoms with Crippen LogP contribution in [0, 0.1) is 0 Å². The van der Waals surface area contributed by atoms with Gasteiger partial charge in [0.2, 0.25) is 0 Å². The number of methoxy groups -OCH3 is 3. The molecule has 0 saturated heterocycles. The van der Waals surface area contributed by atoms with Gasteiger partial charge in [0.25, 0.3) is 0 Å². The van der Waals surface area contributed by atoms with Gasteiger partial charge in [-0.25, -0.2) is 19.2 Å². The van der Waals surface area contributed by atoms with Crippen LogP contribution in [0.25, 0.3) is 65.5 Å². The number of nitrogens with zero attached hydrogens (tertiary/aromatic N) is 4. The van der Waals surface area contributed by atoms with Gasteiger partial charge >= 0.3 is 30.5 Å². The third kappa shape index (κ3) is 18.4. The monoisotopic (exact) mass is 1920 g/mol. The summed E-state index contributed by atoms with van der Waals surface area (Å²) in [5, 5.41) is 23.6. The summed E-state index contributed by atoms with van der Waals surface area (Å²) in [4.78, 5) is 86.5. The molecule has 16 aromatic rings. The number of carbonyl (C=O) groups is 4. The van der Waals surface area contributed by atoms with Crippen LogP contribution in [0.3, 0.4) is 0 Å². The summed E-state index contributed by atoms with van der Waals surface area (Å²) in [7, 11) is 4.30. The highest BCUT2D eigenvalue weighted by Gasteiger charge is 2.42. The van der Waals surface area contributed by atoms with Crippen molar-refractivity contribution >= 4 is 171 Å². The van der Waals surface area contributed by atoms with Crippen LogP contribution in [0.5, 0.6) is 11.5 Å². The number of aromatic nitrogens is 5. The summed E-state index contributed by atoms with van der Waals surface area (Å²) in [5.41, 5.74) is 18.0. The number of aromatic amines is 5. The first-order valence-corrected chi connectivity index (χ1v) is 45.2. The minimum absolute atomic E-state index is 0.0414. The summed E-state index contributed by atoms with van der Waals surface area (Å²) >= 11 is 43.3. The van der Waals surface area contributed by atoms with Crippen molar-refractivity contribution < 1.29 is 65.6 Å². The molecule has 21 rings (SSSR count). The average molecular weight is 1930 g/mol. The normalized spacial score (nSPS) is 16.7. The number of fused-ring (bicyclic) bond motifs is 16. The molecule has 5 aliphatic heterocycles. The summed E-state index contributed by atoms with van der Waals surface area (Å²) < 4.78 is 71.7. The van der Waals surface area contributed by atoms with E-state index in [1.807, 2.05) is 140 Å². The molecule has 0 radical (unpaired) electrons. The third-order valence-electron chi connectivity index (χ3n) is 24.4. The summed E-state index contributed by atoms with van der Waals surface area (Å²) in [6.45, 7) is 6.93. The molecule has 5 unspecified atom stereocenters. The van der Waals surface area contributed by atoms with Crippen LogP contribution in [-0.2, 0) is 57.2 Å². The molecule has 7 N–H and O–H groups in total. The zero-order valence-corrected chi connectivity index (χ0v) is 76.9. The lowest BCUT2D eigenvalue weighted by atomic mass is 9.92. The number of ether oxygens (including phenoxy) is 5. The second-order valence-electron chi connectivity index (χ2n) is 32.1. The standard InChI is InChI=1S/C23H19ClN2O4.C20H16ClF3N2O2.2C20H19ClN2O3.C17H13Cl3N2/c1-2-29-23(28)26-10-9-14-16-11-13(24)7-8-17(16)25-21(14)22(26)20-12-18(27)15-5-3-4-6-19(15)30-20;1-28-19(27)26-8-7-14-15-10-13(21)5-6-16(15)25-17(14)18(26)11-3-2-4-12(9-11)20(22,23)24;1-25-14-5-3-4-12(10-14)19-18-15(8-9-23(19)20(24)26-2)16-11-13(21)6-7-17(16)22-18;1-2-26-20(25)23-10-9-15-16-11-13(21)5-8-17(16)22-18(15)19(23)12-3-6-14(24)7-4-12;18-9-2-4-15-13(7-9)11-5-6-21-16(17(11)22-15)12-3-1-10(19)8-14(12)20/h3-8,11-12,22,25H,2,9-10H2,1H3;2-6,9-10,18,25H,7-8H2,1H3;3-7,10-11,19,22H,8-9H2,1-2H3;3-8,11,19,22,24H,2,9-10H2,1H3;1-4,7-8,16,21-22H,5-6H2. The minimum atomic E-state index is -4.47. The Balaban J connectivity index is 0.000000116. The highest BCUT2D eigenvalue weighted by atomic mass is 35.5. The Morgan fingerprint density at radius 2 is 0.811 bits per heavy atom. The van der Waals surface area contributed by atoms with Gasteiger partial charge in [-0.05, 0) is 248 Å². The number of nitrogens with one attached hydrogen (secondary N) is 6. The fourth-order valence-corrected chi connectivity index (χ4v) is 20.0. The predicted octanol–water partition coefficient (Wildman–Crippen LogP) is 25.1. The van der Waals surface area contributed by atoms with Crippen LogP contribution in [-0.4, -0.2) is 141 Å². The van der Waals surface area contributed by atoms with Gasteiger partial charge in [0, 0.05) is 151 Å². The van der Waals surface area contributed by atoms with E-state index in [2.05, 4.69) is 30.2 Å². The van der Waals surface area contributed by atoms with Crippen LogP contribution in [0.2, 0.25) is 35.2 Å². The number of benzene rings is 10. The van der Waals surface area contributed by atoms with E-state index in [1.165, 1.54) is 53.3 Å². The van der Waals surface area contributed by atoms with Crippen LogP contribution in [0.4, 0.5) is 32.3 Å². The summed E-state index contributed by atoms with van der Waals surface area (Å²) in [6.07, 6.45) is -2.58. The van der Waals surface area contributed by atoms with Gasteiger partial charge in [-0.2, -0.15) is 13.2 Å². The second-order valence-corrected chi connectivity index (χ2v) is 35.1. The number of halogens is 10. The molecule has 5 atom stereocenters. The topological polar surface area (TPSA) is 269 Å². The van der Waals surface area contributed by atoms with Crippen molar-refractivity contribution in [3.63, 3.8) is 0 Å². The van der Waals surface area contributed by atoms with E-state index in [-0.39, 0.29) is 48.1 Å². The maximum Gasteiger partial charge on any atom is 0.416 e. The molecule has 0 spiro atoms. The number of hydrogen-bond donors (Lipinski definition) is 7. The maximum atomic E-state index is 13.2. The molecule has 0 saturated carbocycles. The van der Waals surface area contributed by atoms with Crippen LogP contribution >= 0.6 is 81.2 Å². The molecule has 22 nitrogen and oxygen atoms in total. The molecular weight excluding hydrogens is 1840 g/mol. The first-order chi connectivity index (χ1) is 63.7. The van der Waals surface area contributed by atoms with Gasteiger partial charge in [-0.15, -0.1) is 0 Å². The molecule has 4 amide bonds.